The molecule has 1 atom stereocenters. The van der Waals surface area contributed by atoms with Gasteiger partial charge >= 0.3 is 0 Å². The highest BCUT2D eigenvalue weighted by molar-refractivity contribution is 6.16. The van der Waals surface area contributed by atoms with Crippen molar-refractivity contribution in [1.29, 1.82) is 0 Å². The first kappa shape index (κ1) is 13.3. The van der Waals surface area contributed by atoms with Gasteiger partial charge in [-0.25, -0.2) is 9.97 Å². The molecule has 4 heteroatoms. The second kappa shape index (κ2) is 5.70. The van der Waals surface area contributed by atoms with Crippen LogP contribution < -0.4 is 0 Å². The lowest BCUT2D eigenvalue weighted by molar-refractivity contribution is 0.483. The van der Waals surface area contributed by atoms with E-state index in [1.165, 1.54) is 12.8 Å². The Balaban J connectivity index is 2.46. The highest BCUT2D eigenvalue weighted by Crippen LogP contribution is 2.24. The number of pyridine rings is 1. The van der Waals surface area contributed by atoms with Crippen molar-refractivity contribution >= 4 is 22.8 Å². The fraction of sp³-hybridized carbons (Fsp3) is 0.571. The van der Waals surface area contributed by atoms with E-state index in [1.807, 2.05) is 13.1 Å². The quantitative estimate of drug-likeness (QED) is 0.758. The van der Waals surface area contributed by atoms with E-state index in [2.05, 4.69) is 34.4 Å². The molecule has 18 heavy (non-hydrogen) atoms. The zero-order valence-electron chi connectivity index (χ0n) is 11.3. The van der Waals surface area contributed by atoms with Crippen molar-refractivity contribution in [2.24, 2.45) is 0 Å². The van der Waals surface area contributed by atoms with Crippen LogP contribution in [0.15, 0.2) is 12.3 Å². The van der Waals surface area contributed by atoms with Crippen LogP contribution in [0.2, 0.25) is 0 Å². The standard InChI is InChI=1S/C14H20ClN3/c1-4-5-6-11(3)18-13(8-15)17-12-7-10(2)9-16-14(12)18/h7,9,11H,4-6,8H2,1-3H3. The summed E-state index contributed by atoms with van der Waals surface area (Å²) >= 11 is 6.01. The first-order chi connectivity index (χ1) is 8.67. The maximum Gasteiger partial charge on any atom is 0.160 e. The molecule has 0 aliphatic rings. The molecule has 0 N–H and O–H groups in total. The predicted molar refractivity (Wildman–Crippen MR) is 76.1 cm³/mol. The highest BCUT2D eigenvalue weighted by Gasteiger charge is 2.15. The van der Waals surface area contributed by atoms with Gasteiger partial charge in [0.15, 0.2) is 5.65 Å². The van der Waals surface area contributed by atoms with E-state index >= 15 is 0 Å². The number of imidazole rings is 1. The van der Waals surface area contributed by atoms with Crippen LogP contribution in [0.5, 0.6) is 0 Å². The van der Waals surface area contributed by atoms with Gasteiger partial charge < -0.3 is 4.57 Å². The fourth-order valence-electron chi connectivity index (χ4n) is 2.32. The van der Waals surface area contributed by atoms with Crippen LogP contribution in [0.4, 0.5) is 0 Å². The molecule has 0 saturated heterocycles. The van der Waals surface area contributed by atoms with E-state index in [4.69, 9.17) is 11.6 Å². The van der Waals surface area contributed by atoms with Crippen LogP contribution in [0, 0.1) is 6.92 Å². The summed E-state index contributed by atoms with van der Waals surface area (Å²) in [5.41, 5.74) is 3.04. The summed E-state index contributed by atoms with van der Waals surface area (Å²) in [4.78, 5) is 9.11. The molecule has 2 heterocycles. The number of nitrogens with zero attached hydrogens (tertiary/aromatic N) is 3. The number of fused-ring (bicyclic) bond motifs is 1. The van der Waals surface area contributed by atoms with Gasteiger partial charge in [0.1, 0.15) is 11.3 Å². The molecular weight excluding hydrogens is 246 g/mol. The molecule has 2 aromatic heterocycles. The topological polar surface area (TPSA) is 30.7 Å². The van der Waals surface area contributed by atoms with Crippen LogP contribution in [-0.4, -0.2) is 14.5 Å². The van der Waals surface area contributed by atoms with Crippen LogP contribution >= 0.6 is 11.6 Å². The second-order valence-corrected chi connectivity index (χ2v) is 5.15. The Labute approximate surface area is 113 Å². The molecule has 98 valence electrons. The number of alkyl halides is 1. The van der Waals surface area contributed by atoms with Crippen molar-refractivity contribution in [3.63, 3.8) is 0 Å². The molecule has 0 radical (unpaired) electrons. The van der Waals surface area contributed by atoms with E-state index in [-0.39, 0.29) is 0 Å². The van der Waals surface area contributed by atoms with Crippen LogP contribution in [0.1, 0.15) is 50.5 Å². The largest absolute Gasteiger partial charge is 0.309 e. The third-order valence-electron chi connectivity index (χ3n) is 3.28. The minimum Gasteiger partial charge on any atom is -0.309 e. The number of aromatic nitrogens is 3. The minimum atomic E-state index is 0.402. The first-order valence-electron chi connectivity index (χ1n) is 6.56. The summed E-state index contributed by atoms with van der Waals surface area (Å²) < 4.78 is 2.19. The van der Waals surface area contributed by atoms with Gasteiger partial charge in [0, 0.05) is 12.2 Å². The molecule has 0 bridgehead atoms. The summed E-state index contributed by atoms with van der Waals surface area (Å²) in [7, 11) is 0. The van der Waals surface area contributed by atoms with Crippen molar-refractivity contribution in [2.75, 3.05) is 0 Å². The lowest BCUT2D eigenvalue weighted by Gasteiger charge is -2.15. The third-order valence-corrected chi connectivity index (χ3v) is 3.51. The van der Waals surface area contributed by atoms with Gasteiger partial charge in [-0.2, -0.15) is 0 Å². The second-order valence-electron chi connectivity index (χ2n) is 4.88. The number of rotatable bonds is 5. The predicted octanol–water partition coefficient (Wildman–Crippen LogP) is 4.23. The molecule has 1 unspecified atom stereocenters. The summed E-state index contributed by atoms with van der Waals surface area (Å²) in [6, 6.07) is 2.47. The number of hydrogen-bond acceptors (Lipinski definition) is 2. The molecule has 3 nitrogen and oxygen atoms in total. The molecular formula is C14H20ClN3. The van der Waals surface area contributed by atoms with Crippen molar-refractivity contribution in [3.05, 3.63) is 23.7 Å². The van der Waals surface area contributed by atoms with Gasteiger partial charge in [-0.05, 0) is 31.9 Å². The van der Waals surface area contributed by atoms with Crippen molar-refractivity contribution < 1.29 is 0 Å². The smallest absolute Gasteiger partial charge is 0.160 e. The number of halogens is 1. The van der Waals surface area contributed by atoms with Crippen molar-refractivity contribution in [2.45, 2.75) is 52.0 Å². The average molecular weight is 266 g/mol. The Morgan fingerprint density at radius 3 is 2.89 bits per heavy atom. The third kappa shape index (κ3) is 2.51. The zero-order chi connectivity index (χ0) is 13.1. The normalized spacial score (nSPS) is 13.1. The molecule has 2 rings (SSSR count). The Morgan fingerprint density at radius 1 is 1.44 bits per heavy atom. The Morgan fingerprint density at radius 2 is 2.22 bits per heavy atom. The lowest BCUT2D eigenvalue weighted by Crippen LogP contribution is -2.09. The zero-order valence-corrected chi connectivity index (χ0v) is 12.0. The van der Waals surface area contributed by atoms with Gasteiger partial charge in [-0.1, -0.05) is 19.8 Å². The van der Waals surface area contributed by atoms with Gasteiger partial charge in [-0.3, -0.25) is 0 Å². The maximum atomic E-state index is 6.01. The summed E-state index contributed by atoms with van der Waals surface area (Å²) in [6.07, 6.45) is 5.46. The van der Waals surface area contributed by atoms with E-state index in [1.54, 1.807) is 0 Å². The van der Waals surface area contributed by atoms with Crippen molar-refractivity contribution in [3.8, 4) is 0 Å². The summed E-state index contributed by atoms with van der Waals surface area (Å²) in [5, 5.41) is 0. The Bertz CT molecular complexity index is 533. The summed E-state index contributed by atoms with van der Waals surface area (Å²) in [5.74, 6) is 1.36. The van der Waals surface area contributed by atoms with Crippen LogP contribution in [-0.2, 0) is 5.88 Å². The maximum absolute atomic E-state index is 6.01. The summed E-state index contributed by atoms with van der Waals surface area (Å²) in [6.45, 7) is 6.46. The number of unbranched alkanes of at least 4 members (excludes halogenated alkanes) is 1. The van der Waals surface area contributed by atoms with Gasteiger partial charge in [0.05, 0.1) is 5.88 Å². The molecule has 0 aliphatic carbocycles. The molecule has 0 aromatic carbocycles. The van der Waals surface area contributed by atoms with Gasteiger partial charge in [0.25, 0.3) is 0 Å². The first-order valence-corrected chi connectivity index (χ1v) is 7.10. The fourth-order valence-corrected chi connectivity index (χ4v) is 2.50. The average Bonchev–Trinajstić information content (AvgIpc) is 2.73. The minimum absolute atomic E-state index is 0.402. The van der Waals surface area contributed by atoms with Gasteiger partial charge in [-0.15, -0.1) is 11.6 Å². The molecule has 0 saturated carbocycles. The molecule has 0 aliphatic heterocycles. The van der Waals surface area contributed by atoms with E-state index in [9.17, 15) is 0 Å². The van der Waals surface area contributed by atoms with E-state index in [0.717, 1.165) is 29.0 Å². The monoisotopic (exact) mass is 265 g/mol. The lowest BCUT2D eigenvalue weighted by atomic mass is 10.1. The Kier molecular flexibility index (Phi) is 4.23. The SMILES string of the molecule is CCCCC(C)n1c(CCl)nc2cc(C)cnc21. The van der Waals surface area contributed by atoms with Gasteiger partial charge in [0.2, 0.25) is 0 Å². The van der Waals surface area contributed by atoms with Crippen LogP contribution in [0.25, 0.3) is 11.2 Å². The van der Waals surface area contributed by atoms with Crippen molar-refractivity contribution in [1.82, 2.24) is 14.5 Å². The highest BCUT2D eigenvalue weighted by atomic mass is 35.5. The Hall–Kier alpha value is -1.09. The number of aryl methyl sites for hydroxylation is 1. The number of hydrogen-bond donors (Lipinski definition) is 0. The van der Waals surface area contributed by atoms with E-state index < -0.39 is 0 Å². The van der Waals surface area contributed by atoms with E-state index in [0.29, 0.717) is 11.9 Å². The van der Waals surface area contributed by atoms with Crippen LogP contribution in [0.3, 0.4) is 0 Å². The molecule has 0 fully saturated rings. The molecule has 0 spiro atoms. The molecule has 0 amide bonds. The molecule has 2 aromatic rings.